The maximum atomic E-state index is 12.7. The van der Waals surface area contributed by atoms with E-state index in [-0.39, 0.29) is 11.7 Å². The van der Waals surface area contributed by atoms with Gasteiger partial charge in [-0.05, 0) is 39.7 Å². The first kappa shape index (κ1) is 15.7. The number of piperidine rings is 1. The summed E-state index contributed by atoms with van der Waals surface area (Å²) in [6.45, 7) is 7.26. The second kappa shape index (κ2) is 5.26. The van der Waals surface area contributed by atoms with Crippen molar-refractivity contribution < 1.29 is 14.7 Å². The van der Waals surface area contributed by atoms with E-state index in [1.54, 1.807) is 11.8 Å². The average molecular weight is 289 g/mol. The van der Waals surface area contributed by atoms with E-state index in [1.807, 2.05) is 44.2 Å². The predicted molar refractivity (Wildman–Crippen MR) is 80.5 cm³/mol. The number of aliphatic hydroxyl groups is 1. The zero-order valence-electron chi connectivity index (χ0n) is 13.1. The zero-order valence-corrected chi connectivity index (χ0v) is 13.1. The van der Waals surface area contributed by atoms with E-state index in [4.69, 9.17) is 0 Å². The molecule has 1 amide bonds. The summed E-state index contributed by atoms with van der Waals surface area (Å²) in [4.78, 5) is 26.3. The van der Waals surface area contributed by atoms with Gasteiger partial charge in [-0.1, -0.05) is 30.3 Å². The van der Waals surface area contributed by atoms with Crippen LogP contribution in [-0.2, 0) is 16.1 Å². The highest BCUT2D eigenvalue weighted by Crippen LogP contribution is 2.39. The van der Waals surface area contributed by atoms with Crippen LogP contribution in [0.4, 0.5) is 0 Å². The molecule has 1 aliphatic rings. The lowest BCUT2D eigenvalue weighted by Crippen LogP contribution is -2.64. The summed E-state index contributed by atoms with van der Waals surface area (Å²) in [6.07, 6.45) is 0.378. The Kier molecular flexibility index (Phi) is 3.93. The second-order valence-corrected chi connectivity index (χ2v) is 6.80. The first-order valence-corrected chi connectivity index (χ1v) is 7.23. The van der Waals surface area contributed by atoms with Gasteiger partial charge in [0.15, 0.2) is 0 Å². The Morgan fingerprint density at radius 3 is 2.38 bits per heavy atom. The number of likely N-dealkylation sites (tertiary alicyclic amines) is 1. The molecule has 0 aromatic heterocycles. The van der Waals surface area contributed by atoms with Gasteiger partial charge in [-0.25, -0.2) is 0 Å². The molecular formula is C17H23NO3. The van der Waals surface area contributed by atoms with E-state index in [0.717, 1.165) is 5.56 Å². The van der Waals surface area contributed by atoms with Crippen LogP contribution in [0.5, 0.6) is 0 Å². The van der Waals surface area contributed by atoms with E-state index >= 15 is 0 Å². The molecule has 1 heterocycles. The summed E-state index contributed by atoms with van der Waals surface area (Å²) >= 11 is 0. The van der Waals surface area contributed by atoms with Gasteiger partial charge in [-0.15, -0.1) is 0 Å². The summed E-state index contributed by atoms with van der Waals surface area (Å²) in [6, 6.07) is 9.69. The molecular weight excluding hydrogens is 266 g/mol. The van der Waals surface area contributed by atoms with Gasteiger partial charge >= 0.3 is 0 Å². The van der Waals surface area contributed by atoms with E-state index in [1.165, 1.54) is 6.92 Å². The lowest BCUT2D eigenvalue weighted by molar-refractivity contribution is -0.171. The van der Waals surface area contributed by atoms with Crippen molar-refractivity contribution in [2.24, 2.45) is 5.92 Å². The normalized spacial score (nSPS) is 28.5. The SMILES string of the molecule is CC(=O)C1C(=O)N(Cc2ccccc2)C(C)(C)CC1(C)O. The number of hydrogen-bond acceptors (Lipinski definition) is 3. The first-order chi connectivity index (χ1) is 9.65. The average Bonchev–Trinajstić information content (AvgIpc) is 2.33. The zero-order chi connectivity index (χ0) is 15.8. The molecule has 2 rings (SSSR count). The predicted octanol–water partition coefficient (Wildman–Crippen LogP) is 2.15. The van der Waals surface area contributed by atoms with Crippen LogP contribution in [0.3, 0.4) is 0 Å². The van der Waals surface area contributed by atoms with Crippen LogP contribution in [0.25, 0.3) is 0 Å². The van der Waals surface area contributed by atoms with E-state index < -0.39 is 17.1 Å². The maximum Gasteiger partial charge on any atom is 0.236 e. The van der Waals surface area contributed by atoms with Crippen LogP contribution in [-0.4, -0.2) is 32.8 Å². The Morgan fingerprint density at radius 2 is 1.86 bits per heavy atom. The Bertz CT molecular complexity index is 548. The van der Waals surface area contributed by atoms with Gasteiger partial charge in [0.2, 0.25) is 5.91 Å². The number of ketones is 1. The van der Waals surface area contributed by atoms with Gasteiger partial charge in [0.1, 0.15) is 11.7 Å². The first-order valence-electron chi connectivity index (χ1n) is 7.23. The molecule has 4 nitrogen and oxygen atoms in total. The highest BCUT2D eigenvalue weighted by atomic mass is 16.3. The van der Waals surface area contributed by atoms with Crippen molar-refractivity contribution in [3.8, 4) is 0 Å². The minimum absolute atomic E-state index is 0.279. The molecule has 2 unspecified atom stereocenters. The smallest absolute Gasteiger partial charge is 0.236 e. The third-order valence-electron chi connectivity index (χ3n) is 4.25. The van der Waals surface area contributed by atoms with Crippen LogP contribution < -0.4 is 0 Å². The van der Waals surface area contributed by atoms with Gasteiger partial charge in [0, 0.05) is 12.1 Å². The third-order valence-corrected chi connectivity index (χ3v) is 4.25. The number of Topliss-reactive ketones (excluding diaryl/α,β-unsaturated/α-hetero) is 1. The number of hydrogen-bond donors (Lipinski definition) is 1. The van der Waals surface area contributed by atoms with Crippen LogP contribution in [0.15, 0.2) is 30.3 Å². The number of amides is 1. The van der Waals surface area contributed by atoms with Crippen molar-refractivity contribution in [2.75, 3.05) is 0 Å². The van der Waals surface area contributed by atoms with Crippen molar-refractivity contribution in [2.45, 2.75) is 51.8 Å². The molecule has 1 fully saturated rings. The third kappa shape index (κ3) is 3.00. The second-order valence-electron chi connectivity index (χ2n) is 6.80. The van der Waals surface area contributed by atoms with Crippen molar-refractivity contribution >= 4 is 11.7 Å². The fraction of sp³-hybridized carbons (Fsp3) is 0.529. The Hall–Kier alpha value is -1.68. The highest BCUT2D eigenvalue weighted by molar-refractivity contribution is 6.02. The molecule has 1 aromatic rings. The van der Waals surface area contributed by atoms with Gasteiger partial charge in [0.05, 0.1) is 5.60 Å². The monoisotopic (exact) mass is 289 g/mol. The number of nitrogens with zero attached hydrogens (tertiary/aromatic N) is 1. The Labute approximate surface area is 125 Å². The van der Waals surface area contributed by atoms with Crippen LogP contribution >= 0.6 is 0 Å². The van der Waals surface area contributed by atoms with Crippen LogP contribution in [0.1, 0.15) is 39.7 Å². The highest BCUT2D eigenvalue weighted by Gasteiger charge is 2.53. The van der Waals surface area contributed by atoms with Gasteiger partial charge in [-0.3, -0.25) is 9.59 Å². The molecule has 0 aliphatic carbocycles. The summed E-state index contributed by atoms with van der Waals surface area (Å²) in [5.74, 6) is -1.54. The van der Waals surface area contributed by atoms with Gasteiger partial charge in [0.25, 0.3) is 0 Å². The standard InChI is InChI=1S/C17H23NO3/c1-12(19)14-15(20)18(10-13-8-6-5-7-9-13)16(2,3)11-17(14,4)21/h5-9,14,21H,10-11H2,1-4H3. The van der Waals surface area contributed by atoms with Gasteiger partial charge < -0.3 is 10.0 Å². The number of carbonyl (C=O) groups is 2. The number of benzene rings is 1. The van der Waals surface area contributed by atoms with E-state index in [2.05, 4.69) is 0 Å². The molecule has 21 heavy (non-hydrogen) atoms. The quantitative estimate of drug-likeness (QED) is 0.867. The molecule has 0 radical (unpaired) electrons. The summed E-state index contributed by atoms with van der Waals surface area (Å²) in [5.41, 5.74) is -0.773. The van der Waals surface area contributed by atoms with E-state index in [9.17, 15) is 14.7 Å². The molecule has 1 aliphatic heterocycles. The van der Waals surface area contributed by atoms with E-state index in [0.29, 0.717) is 13.0 Å². The van der Waals surface area contributed by atoms with Crippen molar-refractivity contribution in [1.29, 1.82) is 0 Å². The van der Waals surface area contributed by atoms with Crippen LogP contribution in [0, 0.1) is 5.92 Å². The molecule has 0 spiro atoms. The van der Waals surface area contributed by atoms with Crippen molar-refractivity contribution in [3.05, 3.63) is 35.9 Å². The molecule has 0 bridgehead atoms. The molecule has 114 valence electrons. The van der Waals surface area contributed by atoms with Crippen molar-refractivity contribution in [3.63, 3.8) is 0 Å². The molecule has 1 aromatic carbocycles. The maximum absolute atomic E-state index is 12.7. The molecule has 2 atom stereocenters. The summed E-state index contributed by atoms with van der Waals surface area (Å²) < 4.78 is 0. The largest absolute Gasteiger partial charge is 0.389 e. The summed E-state index contributed by atoms with van der Waals surface area (Å²) in [7, 11) is 0. The molecule has 1 N–H and O–H groups in total. The minimum atomic E-state index is -1.29. The topological polar surface area (TPSA) is 57.6 Å². The Balaban J connectivity index is 2.35. The molecule has 4 heteroatoms. The van der Waals surface area contributed by atoms with Gasteiger partial charge in [-0.2, -0.15) is 0 Å². The number of carbonyl (C=O) groups excluding carboxylic acids is 2. The minimum Gasteiger partial charge on any atom is -0.389 e. The Morgan fingerprint density at radius 1 is 1.29 bits per heavy atom. The lowest BCUT2D eigenvalue weighted by Gasteiger charge is -2.51. The fourth-order valence-electron chi connectivity index (χ4n) is 3.46. The molecule has 0 saturated carbocycles. The molecule has 1 saturated heterocycles. The van der Waals surface area contributed by atoms with Crippen molar-refractivity contribution in [1.82, 2.24) is 4.90 Å². The fourth-order valence-corrected chi connectivity index (χ4v) is 3.46. The number of rotatable bonds is 3. The van der Waals surface area contributed by atoms with Crippen LogP contribution in [0.2, 0.25) is 0 Å². The lowest BCUT2D eigenvalue weighted by atomic mass is 9.71. The summed E-state index contributed by atoms with van der Waals surface area (Å²) in [5, 5.41) is 10.5.